The van der Waals surface area contributed by atoms with Crippen molar-refractivity contribution in [2.24, 2.45) is 0 Å². The second kappa shape index (κ2) is 3.88. The minimum Gasteiger partial charge on any atom is -0.497 e. The standard InChI is InChI=1S/C11H15NO2/c1-14-11-4-2-3-9(7-11)12-6-5-10(13)8-12/h2-4,7,10,13H,5-6,8H2,1H3. The van der Waals surface area contributed by atoms with Crippen LogP contribution in [0, 0.1) is 0 Å². The highest BCUT2D eigenvalue weighted by atomic mass is 16.5. The summed E-state index contributed by atoms with van der Waals surface area (Å²) in [6.45, 7) is 1.65. The van der Waals surface area contributed by atoms with Gasteiger partial charge in [-0.15, -0.1) is 0 Å². The van der Waals surface area contributed by atoms with Gasteiger partial charge in [-0.2, -0.15) is 0 Å². The summed E-state index contributed by atoms with van der Waals surface area (Å²) >= 11 is 0. The zero-order chi connectivity index (χ0) is 9.97. The molecule has 3 nitrogen and oxygen atoms in total. The Hall–Kier alpha value is -1.22. The van der Waals surface area contributed by atoms with Gasteiger partial charge < -0.3 is 14.7 Å². The number of rotatable bonds is 2. The Kier molecular flexibility index (Phi) is 2.59. The summed E-state index contributed by atoms with van der Waals surface area (Å²) in [6.07, 6.45) is 0.679. The van der Waals surface area contributed by atoms with Crippen LogP contribution in [0.2, 0.25) is 0 Å². The second-order valence-electron chi connectivity index (χ2n) is 3.59. The largest absolute Gasteiger partial charge is 0.497 e. The van der Waals surface area contributed by atoms with Crippen LogP contribution in [0.1, 0.15) is 6.42 Å². The van der Waals surface area contributed by atoms with Crippen LogP contribution in [-0.2, 0) is 0 Å². The summed E-state index contributed by atoms with van der Waals surface area (Å²) in [5.74, 6) is 0.865. The molecular weight excluding hydrogens is 178 g/mol. The van der Waals surface area contributed by atoms with Crippen molar-refractivity contribution < 1.29 is 9.84 Å². The van der Waals surface area contributed by atoms with Crippen molar-refractivity contribution >= 4 is 5.69 Å². The Morgan fingerprint density at radius 2 is 2.36 bits per heavy atom. The maximum atomic E-state index is 9.41. The maximum Gasteiger partial charge on any atom is 0.120 e. The summed E-state index contributed by atoms with van der Waals surface area (Å²) in [5.41, 5.74) is 1.13. The fourth-order valence-electron chi connectivity index (χ4n) is 1.78. The Morgan fingerprint density at radius 1 is 1.50 bits per heavy atom. The lowest BCUT2D eigenvalue weighted by Gasteiger charge is -2.18. The number of aliphatic hydroxyl groups excluding tert-OH is 1. The van der Waals surface area contributed by atoms with E-state index in [-0.39, 0.29) is 6.10 Å². The first-order chi connectivity index (χ1) is 6.79. The maximum absolute atomic E-state index is 9.41. The average Bonchev–Trinajstić information content (AvgIpc) is 2.65. The molecule has 1 unspecified atom stereocenters. The first-order valence-corrected chi connectivity index (χ1v) is 4.86. The molecule has 1 aliphatic heterocycles. The monoisotopic (exact) mass is 193 g/mol. The molecule has 3 heteroatoms. The summed E-state index contributed by atoms with van der Waals surface area (Å²) in [6, 6.07) is 7.94. The van der Waals surface area contributed by atoms with Gasteiger partial charge in [-0.1, -0.05) is 6.07 Å². The Morgan fingerprint density at radius 3 is 3.00 bits per heavy atom. The molecule has 1 N–H and O–H groups in total. The van der Waals surface area contributed by atoms with Crippen molar-refractivity contribution in [3.8, 4) is 5.75 Å². The molecule has 0 bridgehead atoms. The van der Waals surface area contributed by atoms with Gasteiger partial charge in [0, 0.05) is 24.8 Å². The van der Waals surface area contributed by atoms with E-state index in [1.54, 1.807) is 7.11 Å². The third-order valence-corrected chi connectivity index (χ3v) is 2.58. The summed E-state index contributed by atoms with van der Waals surface area (Å²) < 4.78 is 5.15. The highest BCUT2D eigenvalue weighted by molar-refractivity contribution is 5.51. The van der Waals surface area contributed by atoms with Gasteiger partial charge in [-0.3, -0.25) is 0 Å². The summed E-state index contributed by atoms with van der Waals surface area (Å²) in [5, 5.41) is 9.41. The predicted octanol–water partition coefficient (Wildman–Crippen LogP) is 1.27. The van der Waals surface area contributed by atoms with Gasteiger partial charge in [0.05, 0.1) is 13.2 Å². The van der Waals surface area contributed by atoms with Crippen LogP contribution in [-0.4, -0.2) is 31.4 Å². The SMILES string of the molecule is COc1cccc(N2CCC(O)C2)c1. The first-order valence-electron chi connectivity index (χ1n) is 4.86. The predicted molar refractivity (Wildman–Crippen MR) is 55.8 cm³/mol. The van der Waals surface area contributed by atoms with E-state index < -0.39 is 0 Å². The molecule has 1 heterocycles. The number of benzene rings is 1. The molecule has 0 aliphatic carbocycles. The van der Waals surface area contributed by atoms with Crippen LogP contribution in [0.5, 0.6) is 5.75 Å². The zero-order valence-corrected chi connectivity index (χ0v) is 8.31. The van der Waals surface area contributed by atoms with Gasteiger partial charge in [0.2, 0.25) is 0 Å². The van der Waals surface area contributed by atoms with E-state index in [1.165, 1.54) is 0 Å². The Bertz CT molecular complexity index is 314. The molecule has 0 amide bonds. The quantitative estimate of drug-likeness (QED) is 0.767. The van der Waals surface area contributed by atoms with Crippen LogP contribution in [0.4, 0.5) is 5.69 Å². The lowest BCUT2D eigenvalue weighted by molar-refractivity contribution is 0.198. The number of β-amino-alcohol motifs (C(OH)–C–C–N with tert-alkyl or cyclic N) is 1. The van der Waals surface area contributed by atoms with Gasteiger partial charge in [0.15, 0.2) is 0 Å². The lowest BCUT2D eigenvalue weighted by Crippen LogP contribution is -2.20. The van der Waals surface area contributed by atoms with Gasteiger partial charge in [-0.25, -0.2) is 0 Å². The Balaban J connectivity index is 2.15. The molecule has 76 valence electrons. The third kappa shape index (κ3) is 1.82. The van der Waals surface area contributed by atoms with Gasteiger partial charge in [0.1, 0.15) is 5.75 Å². The number of hydrogen-bond acceptors (Lipinski definition) is 3. The van der Waals surface area contributed by atoms with Crippen LogP contribution in [0.25, 0.3) is 0 Å². The van der Waals surface area contributed by atoms with Crippen LogP contribution < -0.4 is 9.64 Å². The number of aliphatic hydroxyl groups is 1. The molecular formula is C11H15NO2. The fourth-order valence-corrected chi connectivity index (χ4v) is 1.78. The number of ether oxygens (including phenoxy) is 1. The molecule has 1 aliphatic rings. The summed E-state index contributed by atoms with van der Waals surface area (Å²) in [4.78, 5) is 2.17. The van der Waals surface area contributed by atoms with E-state index in [0.29, 0.717) is 0 Å². The van der Waals surface area contributed by atoms with Crippen molar-refractivity contribution in [2.75, 3.05) is 25.1 Å². The van der Waals surface area contributed by atoms with Crippen LogP contribution in [0.15, 0.2) is 24.3 Å². The van der Waals surface area contributed by atoms with Crippen molar-refractivity contribution in [3.63, 3.8) is 0 Å². The summed E-state index contributed by atoms with van der Waals surface area (Å²) in [7, 11) is 1.66. The molecule has 1 saturated heterocycles. The van der Waals surface area contributed by atoms with Crippen molar-refractivity contribution in [1.29, 1.82) is 0 Å². The van der Waals surface area contributed by atoms with Crippen LogP contribution in [0.3, 0.4) is 0 Å². The number of methoxy groups -OCH3 is 1. The zero-order valence-electron chi connectivity index (χ0n) is 8.31. The normalized spacial score (nSPS) is 21.3. The van der Waals surface area contributed by atoms with Crippen LogP contribution >= 0.6 is 0 Å². The molecule has 0 aromatic heterocycles. The van der Waals surface area contributed by atoms with Gasteiger partial charge in [0.25, 0.3) is 0 Å². The molecule has 1 aromatic rings. The molecule has 0 spiro atoms. The van der Waals surface area contributed by atoms with Crippen molar-refractivity contribution in [1.82, 2.24) is 0 Å². The molecule has 2 rings (SSSR count). The van der Waals surface area contributed by atoms with Crippen molar-refractivity contribution in [2.45, 2.75) is 12.5 Å². The molecule has 14 heavy (non-hydrogen) atoms. The highest BCUT2D eigenvalue weighted by Crippen LogP contribution is 2.24. The minimum atomic E-state index is -0.179. The van der Waals surface area contributed by atoms with E-state index in [0.717, 1.165) is 30.9 Å². The molecule has 1 atom stereocenters. The number of nitrogens with zero attached hydrogens (tertiary/aromatic N) is 1. The lowest BCUT2D eigenvalue weighted by atomic mass is 10.3. The second-order valence-corrected chi connectivity index (χ2v) is 3.59. The molecule has 0 saturated carbocycles. The van der Waals surface area contributed by atoms with Gasteiger partial charge >= 0.3 is 0 Å². The molecule has 1 fully saturated rings. The van der Waals surface area contributed by atoms with E-state index in [2.05, 4.69) is 4.90 Å². The van der Waals surface area contributed by atoms with E-state index >= 15 is 0 Å². The Labute approximate surface area is 83.9 Å². The number of anilines is 1. The molecule has 0 radical (unpaired) electrons. The average molecular weight is 193 g/mol. The van der Waals surface area contributed by atoms with Crippen molar-refractivity contribution in [3.05, 3.63) is 24.3 Å². The third-order valence-electron chi connectivity index (χ3n) is 2.58. The topological polar surface area (TPSA) is 32.7 Å². The first kappa shape index (κ1) is 9.34. The highest BCUT2D eigenvalue weighted by Gasteiger charge is 2.20. The minimum absolute atomic E-state index is 0.179. The molecule has 1 aromatic carbocycles. The number of hydrogen-bond donors (Lipinski definition) is 1. The smallest absolute Gasteiger partial charge is 0.120 e. The van der Waals surface area contributed by atoms with E-state index in [1.807, 2.05) is 24.3 Å². The van der Waals surface area contributed by atoms with Gasteiger partial charge in [-0.05, 0) is 18.6 Å². The van der Waals surface area contributed by atoms with E-state index in [4.69, 9.17) is 4.74 Å². The fraction of sp³-hybridized carbons (Fsp3) is 0.455. The van der Waals surface area contributed by atoms with E-state index in [9.17, 15) is 5.11 Å².